The first kappa shape index (κ1) is 7.45. The highest BCUT2D eigenvalue weighted by Crippen LogP contribution is 2.10. The first-order chi connectivity index (χ1) is 4.75. The number of nitrogens with zero attached hydrogens (tertiary/aromatic N) is 1. The Morgan fingerprint density at radius 1 is 1.80 bits per heavy atom. The second-order valence-corrected chi connectivity index (χ2v) is 2.83. The molecule has 0 aliphatic carbocycles. The molecule has 1 aliphatic rings. The van der Waals surface area contributed by atoms with E-state index in [1.807, 2.05) is 0 Å². The molecule has 2 nitrogen and oxygen atoms in total. The van der Waals surface area contributed by atoms with Crippen LogP contribution >= 0.6 is 0 Å². The van der Waals surface area contributed by atoms with Crippen molar-refractivity contribution >= 4 is 0 Å². The van der Waals surface area contributed by atoms with Crippen molar-refractivity contribution in [3.63, 3.8) is 0 Å². The Bertz CT molecular complexity index is 140. The molecule has 0 saturated heterocycles. The van der Waals surface area contributed by atoms with Crippen LogP contribution in [0.5, 0.6) is 0 Å². The largest absolute Gasteiger partial charge is 0.387 e. The van der Waals surface area contributed by atoms with Crippen LogP contribution in [0.15, 0.2) is 11.9 Å². The lowest BCUT2D eigenvalue weighted by Gasteiger charge is -2.34. The fourth-order valence-corrected chi connectivity index (χ4v) is 1.48. The van der Waals surface area contributed by atoms with Crippen LogP contribution in [-0.4, -0.2) is 24.0 Å². The van der Waals surface area contributed by atoms with Gasteiger partial charge in [0.15, 0.2) is 0 Å². The normalized spacial score (nSPS) is 25.7. The van der Waals surface area contributed by atoms with Gasteiger partial charge < -0.3 is 10.2 Å². The van der Waals surface area contributed by atoms with E-state index in [9.17, 15) is 0 Å². The maximum absolute atomic E-state index is 3.24. The summed E-state index contributed by atoms with van der Waals surface area (Å²) in [5, 5.41) is 3.24. The fourth-order valence-electron chi connectivity index (χ4n) is 1.48. The van der Waals surface area contributed by atoms with Crippen LogP contribution in [0.1, 0.15) is 20.8 Å². The van der Waals surface area contributed by atoms with Crippen molar-refractivity contribution in [2.75, 3.05) is 13.1 Å². The standard InChI is InChI=1S/C8H16N2/c1-4-10-7(2)5-9-6-8(10)3/h5,8-9H,4,6H2,1-3H3. The van der Waals surface area contributed by atoms with Gasteiger partial charge in [-0.15, -0.1) is 0 Å². The molecular formula is C8H16N2. The van der Waals surface area contributed by atoms with Crippen molar-refractivity contribution in [3.8, 4) is 0 Å². The van der Waals surface area contributed by atoms with E-state index in [4.69, 9.17) is 0 Å². The second-order valence-electron chi connectivity index (χ2n) is 2.83. The monoisotopic (exact) mass is 140 g/mol. The number of nitrogens with one attached hydrogen (secondary N) is 1. The average Bonchev–Trinajstić information content (AvgIpc) is 1.88. The fraction of sp³-hybridized carbons (Fsp3) is 0.750. The molecule has 1 rings (SSSR count). The summed E-state index contributed by atoms with van der Waals surface area (Å²) in [6.45, 7) is 8.77. The molecule has 2 heteroatoms. The van der Waals surface area contributed by atoms with Gasteiger partial charge in [-0.25, -0.2) is 0 Å². The van der Waals surface area contributed by atoms with Gasteiger partial charge in [0.1, 0.15) is 0 Å². The van der Waals surface area contributed by atoms with Crippen molar-refractivity contribution in [2.24, 2.45) is 0 Å². The van der Waals surface area contributed by atoms with Gasteiger partial charge in [-0.2, -0.15) is 0 Å². The topological polar surface area (TPSA) is 15.3 Å². The van der Waals surface area contributed by atoms with Crippen molar-refractivity contribution in [3.05, 3.63) is 11.9 Å². The predicted octanol–water partition coefficient (Wildman–Crippen LogP) is 1.16. The molecule has 0 aromatic rings. The van der Waals surface area contributed by atoms with Gasteiger partial charge in [0.2, 0.25) is 0 Å². The van der Waals surface area contributed by atoms with Crippen molar-refractivity contribution in [1.29, 1.82) is 0 Å². The Balaban J connectivity index is 2.63. The van der Waals surface area contributed by atoms with Crippen molar-refractivity contribution in [1.82, 2.24) is 10.2 Å². The summed E-state index contributed by atoms with van der Waals surface area (Å²) in [5.41, 5.74) is 1.35. The molecule has 1 aliphatic heterocycles. The zero-order valence-corrected chi connectivity index (χ0v) is 7.02. The number of likely N-dealkylation sites (N-methyl/N-ethyl adjacent to an activating group) is 1. The first-order valence-electron chi connectivity index (χ1n) is 3.92. The summed E-state index contributed by atoms with van der Waals surface area (Å²) in [7, 11) is 0. The van der Waals surface area contributed by atoms with Crippen LogP contribution in [-0.2, 0) is 0 Å². The van der Waals surface area contributed by atoms with Gasteiger partial charge in [-0.3, -0.25) is 0 Å². The number of allylic oxidation sites excluding steroid dienone is 1. The third-order valence-corrected chi connectivity index (χ3v) is 2.05. The maximum Gasteiger partial charge on any atom is 0.0431 e. The van der Waals surface area contributed by atoms with E-state index >= 15 is 0 Å². The smallest absolute Gasteiger partial charge is 0.0431 e. The van der Waals surface area contributed by atoms with Crippen molar-refractivity contribution < 1.29 is 0 Å². The molecule has 1 heterocycles. The predicted molar refractivity (Wildman–Crippen MR) is 43.6 cm³/mol. The quantitative estimate of drug-likeness (QED) is 0.588. The summed E-state index contributed by atoms with van der Waals surface area (Å²) in [4.78, 5) is 2.40. The SMILES string of the molecule is CCN1C(C)=CNCC1C. The van der Waals surface area contributed by atoms with E-state index in [1.165, 1.54) is 5.70 Å². The zero-order chi connectivity index (χ0) is 7.56. The Labute approximate surface area is 62.9 Å². The number of hydrogen-bond donors (Lipinski definition) is 1. The minimum Gasteiger partial charge on any atom is -0.387 e. The lowest BCUT2D eigenvalue weighted by molar-refractivity contribution is 0.261. The van der Waals surface area contributed by atoms with Gasteiger partial charge in [-0.1, -0.05) is 0 Å². The third kappa shape index (κ3) is 1.25. The van der Waals surface area contributed by atoms with E-state index in [1.54, 1.807) is 0 Å². The summed E-state index contributed by atoms with van der Waals surface area (Å²) >= 11 is 0. The summed E-state index contributed by atoms with van der Waals surface area (Å²) in [6.07, 6.45) is 2.09. The Hall–Kier alpha value is -0.660. The van der Waals surface area contributed by atoms with E-state index in [-0.39, 0.29) is 0 Å². The minimum absolute atomic E-state index is 0.648. The molecule has 1 N–H and O–H groups in total. The first-order valence-corrected chi connectivity index (χ1v) is 3.92. The Kier molecular flexibility index (Phi) is 2.20. The Morgan fingerprint density at radius 2 is 2.50 bits per heavy atom. The molecular weight excluding hydrogens is 124 g/mol. The second kappa shape index (κ2) is 2.95. The molecule has 0 radical (unpaired) electrons. The molecule has 10 heavy (non-hydrogen) atoms. The molecule has 0 aromatic heterocycles. The van der Waals surface area contributed by atoms with Gasteiger partial charge in [0.25, 0.3) is 0 Å². The molecule has 0 saturated carbocycles. The third-order valence-electron chi connectivity index (χ3n) is 2.05. The molecule has 0 bridgehead atoms. The van der Waals surface area contributed by atoms with E-state index in [0.717, 1.165) is 13.1 Å². The van der Waals surface area contributed by atoms with Crippen LogP contribution in [0.25, 0.3) is 0 Å². The summed E-state index contributed by atoms with van der Waals surface area (Å²) in [6, 6.07) is 0.648. The number of hydrogen-bond acceptors (Lipinski definition) is 2. The number of rotatable bonds is 1. The zero-order valence-electron chi connectivity index (χ0n) is 7.02. The van der Waals surface area contributed by atoms with Gasteiger partial charge in [0.05, 0.1) is 0 Å². The Morgan fingerprint density at radius 3 is 2.90 bits per heavy atom. The van der Waals surface area contributed by atoms with E-state index in [0.29, 0.717) is 6.04 Å². The molecule has 1 unspecified atom stereocenters. The van der Waals surface area contributed by atoms with Crippen LogP contribution in [0.3, 0.4) is 0 Å². The van der Waals surface area contributed by atoms with E-state index < -0.39 is 0 Å². The summed E-state index contributed by atoms with van der Waals surface area (Å²) in [5.74, 6) is 0. The van der Waals surface area contributed by atoms with Crippen LogP contribution in [0.2, 0.25) is 0 Å². The maximum atomic E-state index is 3.24. The highest BCUT2D eigenvalue weighted by atomic mass is 15.2. The highest BCUT2D eigenvalue weighted by Gasteiger charge is 2.14. The molecule has 1 atom stereocenters. The van der Waals surface area contributed by atoms with Crippen LogP contribution in [0, 0.1) is 0 Å². The van der Waals surface area contributed by atoms with Gasteiger partial charge >= 0.3 is 0 Å². The lowest BCUT2D eigenvalue weighted by Crippen LogP contribution is -2.42. The minimum atomic E-state index is 0.648. The molecule has 0 fully saturated rings. The summed E-state index contributed by atoms with van der Waals surface area (Å²) < 4.78 is 0. The van der Waals surface area contributed by atoms with Gasteiger partial charge in [0, 0.05) is 31.0 Å². The molecule has 0 amide bonds. The van der Waals surface area contributed by atoms with Crippen molar-refractivity contribution in [2.45, 2.75) is 26.8 Å². The highest BCUT2D eigenvalue weighted by molar-refractivity contribution is 5.02. The average molecular weight is 140 g/mol. The van der Waals surface area contributed by atoms with E-state index in [2.05, 4.69) is 37.2 Å². The van der Waals surface area contributed by atoms with Gasteiger partial charge in [-0.05, 0) is 20.8 Å². The van der Waals surface area contributed by atoms with Crippen LogP contribution < -0.4 is 5.32 Å². The van der Waals surface area contributed by atoms with Crippen LogP contribution in [0.4, 0.5) is 0 Å². The molecule has 0 spiro atoms. The lowest BCUT2D eigenvalue weighted by atomic mass is 10.2. The molecule has 58 valence electrons. The molecule has 0 aromatic carbocycles.